The number of rotatable bonds is 3. The molecule has 1 amide bonds. The number of carbonyl (C=O) groups is 1. The number of nitrogens with one attached hydrogen (secondary N) is 2. The number of aromatic nitrogens is 5. The third-order valence-corrected chi connectivity index (χ3v) is 6.29. The molecule has 4 aromatic heterocycles. The third kappa shape index (κ3) is 4.16. The molecular weight excluding hydrogens is 433 g/mol. The van der Waals surface area contributed by atoms with Crippen LogP contribution in [0.25, 0.3) is 22.6 Å². The molecule has 2 N–H and O–H groups in total. The zero-order valence-corrected chi connectivity index (χ0v) is 20.4. The van der Waals surface area contributed by atoms with E-state index in [4.69, 9.17) is 0 Å². The normalized spacial score (nSPS) is 18.0. The first-order valence-corrected chi connectivity index (χ1v) is 11.5. The largest absolute Gasteiger partial charge is 0.348 e. The molecule has 0 saturated carbocycles. The quantitative estimate of drug-likeness (QED) is 0.482. The van der Waals surface area contributed by atoms with Gasteiger partial charge in [0.15, 0.2) is 17.1 Å². The lowest BCUT2D eigenvalue weighted by Crippen LogP contribution is -2.62. The van der Waals surface area contributed by atoms with Crippen molar-refractivity contribution < 1.29 is 9.18 Å². The second kappa shape index (κ2) is 7.59. The lowest BCUT2D eigenvalue weighted by molar-refractivity contribution is 0.0869. The molecule has 8 nitrogen and oxygen atoms in total. The average molecular weight is 464 g/mol. The summed E-state index contributed by atoms with van der Waals surface area (Å²) in [6.45, 7) is 12.4. The van der Waals surface area contributed by atoms with Crippen molar-refractivity contribution in [2.75, 3.05) is 0 Å². The summed E-state index contributed by atoms with van der Waals surface area (Å²) in [4.78, 5) is 21.8. The summed E-state index contributed by atoms with van der Waals surface area (Å²) in [7, 11) is 0. The van der Waals surface area contributed by atoms with Crippen molar-refractivity contribution in [3.8, 4) is 11.3 Å². The number of imidazole rings is 2. The second-order valence-electron chi connectivity index (χ2n) is 10.8. The van der Waals surface area contributed by atoms with Gasteiger partial charge in [-0.3, -0.25) is 4.79 Å². The van der Waals surface area contributed by atoms with Crippen molar-refractivity contribution >= 4 is 17.2 Å². The van der Waals surface area contributed by atoms with Crippen LogP contribution in [-0.2, 0) is 0 Å². The molecule has 1 aliphatic heterocycles. The van der Waals surface area contributed by atoms with Crippen LogP contribution in [0.15, 0.2) is 30.7 Å². The Balaban J connectivity index is 1.45. The molecule has 0 atom stereocenters. The summed E-state index contributed by atoms with van der Waals surface area (Å²) >= 11 is 0. The van der Waals surface area contributed by atoms with Crippen LogP contribution in [0, 0.1) is 19.7 Å². The Morgan fingerprint density at radius 3 is 2.47 bits per heavy atom. The highest BCUT2D eigenvalue weighted by molar-refractivity contribution is 5.93. The standard InChI is InChI=1S/C25H30FN7O/c1-14-7-19(30-33-11-15(2)27-21(14)33)16-8-18(26)22-29-20(13-32(22)12-16)23(34)28-17-9-24(3,4)31-25(5,6)10-17/h7-8,11-13,17,31H,9-10H2,1-6H3,(H,28,34). The van der Waals surface area contributed by atoms with Gasteiger partial charge in [-0.15, -0.1) is 0 Å². The fourth-order valence-electron chi connectivity index (χ4n) is 5.38. The van der Waals surface area contributed by atoms with Gasteiger partial charge in [0.2, 0.25) is 0 Å². The summed E-state index contributed by atoms with van der Waals surface area (Å²) in [5.41, 5.74) is 3.88. The summed E-state index contributed by atoms with van der Waals surface area (Å²) < 4.78 is 18.3. The molecule has 0 bridgehead atoms. The van der Waals surface area contributed by atoms with Gasteiger partial charge in [0, 0.05) is 35.1 Å². The molecule has 1 fully saturated rings. The summed E-state index contributed by atoms with van der Waals surface area (Å²) in [5, 5.41) is 11.3. The Hall–Kier alpha value is -3.33. The topological polar surface area (TPSA) is 88.6 Å². The molecule has 34 heavy (non-hydrogen) atoms. The minimum atomic E-state index is -0.512. The van der Waals surface area contributed by atoms with Gasteiger partial charge < -0.3 is 15.0 Å². The first kappa shape index (κ1) is 22.5. The molecular formula is C25H30FN7O. The number of amides is 1. The number of aryl methyl sites for hydroxylation is 2. The van der Waals surface area contributed by atoms with Gasteiger partial charge in [0.1, 0.15) is 5.69 Å². The molecule has 0 aromatic carbocycles. The second-order valence-corrected chi connectivity index (χ2v) is 10.8. The zero-order valence-electron chi connectivity index (χ0n) is 20.4. The number of nitrogens with zero attached hydrogens (tertiary/aromatic N) is 5. The molecule has 4 aromatic rings. The van der Waals surface area contributed by atoms with Gasteiger partial charge in [0.25, 0.3) is 5.91 Å². The molecule has 0 spiro atoms. The third-order valence-electron chi connectivity index (χ3n) is 6.29. The predicted octanol–water partition coefficient (Wildman–Crippen LogP) is 3.84. The summed E-state index contributed by atoms with van der Waals surface area (Å²) in [6.07, 6.45) is 6.76. The molecule has 178 valence electrons. The van der Waals surface area contributed by atoms with Crippen LogP contribution in [-0.4, -0.2) is 47.0 Å². The van der Waals surface area contributed by atoms with Gasteiger partial charge in [-0.05, 0) is 72.1 Å². The number of hydrogen-bond donors (Lipinski definition) is 2. The maximum atomic E-state index is 15.0. The highest BCUT2D eigenvalue weighted by Crippen LogP contribution is 2.29. The van der Waals surface area contributed by atoms with Gasteiger partial charge in [-0.25, -0.2) is 18.9 Å². The van der Waals surface area contributed by atoms with E-state index in [0.717, 1.165) is 29.7 Å². The summed E-state index contributed by atoms with van der Waals surface area (Å²) in [5.74, 6) is -0.811. The molecule has 5 heterocycles. The SMILES string of the molecule is Cc1cn2nc(-c3cc(F)c4nc(C(=O)NC5CC(C)(C)NC(C)(C)C5)cn4c3)cc(C)c2n1. The zero-order chi connectivity index (χ0) is 24.4. The predicted molar refractivity (Wildman–Crippen MR) is 128 cm³/mol. The van der Waals surface area contributed by atoms with Crippen molar-refractivity contribution in [2.24, 2.45) is 0 Å². The monoisotopic (exact) mass is 463 g/mol. The van der Waals surface area contributed by atoms with Crippen molar-refractivity contribution in [3.63, 3.8) is 0 Å². The van der Waals surface area contributed by atoms with Crippen LogP contribution in [0.4, 0.5) is 4.39 Å². The molecule has 0 unspecified atom stereocenters. The number of hydrogen-bond acceptors (Lipinski definition) is 5. The molecule has 1 aliphatic rings. The Bertz CT molecular complexity index is 1420. The number of pyridine rings is 1. The minimum Gasteiger partial charge on any atom is -0.348 e. The molecule has 5 rings (SSSR count). The van der Waals surface area contributed by atoms with Gasteiger partial charge in [-0.2, -0.15) is 5.10 Å². The van der Waals surface area contributed by atoms with E-state index in [1.165, 1.54) is 6.07 Å². The van der Waals surface area contributed by atoms with E-state index in [0.29, 0.717) is 11.3 Å². The van der Waals surface area contributed by atoms with E-state index in [9.17, 15) is 4.79 Å². The van der Waals surface area contributed by atoms with Crippen LogP contribution in [0.1, 0.15) is 62.3 Å². The Kier molecular flexibility index (Phi) is 5.02. The Labute approximate surface area is 197 Å². The maximum Gasteiger partial charge on any atom is 0.271 e. The van der Waals surface area contributed by atoms with Gasteiger partial charge >= 0.3 is 0 Å². The maximum absolute atomic E-state index is 15.0. The Morgan fingerprint density at radius 2 is 1.76 bits per heavy atom. The fourth-order valence-corrected chi connectivity index (χ4v) is 5.38. The van der Waals surface area contributed by atoms with Crippen molar-refractivity contribution in [1.82, 2.24) is 34.6 Å². The minimum absolute atomic E-state index is 0.00140. The van der Waals surface area contributed by atoms with Crippen LogP contribution in [0.5, 0.6) is 0 Å². The van der Waals surface area contributed by atoms with E-state index in [2.05, 4.69) is 53.4 Å². The smallest absolute Gasteiger partial charge is 0.271 e. The molecule has 0 aliphatic carbocycles. The van der Waals surface area contributed by atoms with Crippen LogP contribution in [0.2, 0.25) is 0 Å². The highest BCUT2D eigenvalue weighted by Gasteiger charge is 2.38. The van der Waals surface area contributed by atoms with Gasteiger partial charge in [-0.1, -0.05) is 0 Å². The molecule has 1 saturated heterocycles. The van der Waals surface area contributed by atoms with Crippen molar-refractivity contribution in [3.05, 3.63) is 53.5 Å². The molecule has 0 radical (unpaired) electrons. The lowest BCUT2D eigenvalue weighted by atomic mass is 9.79. The van der Waals surface area contributed by atoms with E-state index < -0.39 is 5.82 Å². The number of piperidine rings is 1. The average Bonchev–Trinajstić information content (AvgIpc) is 3.29. The number of fused-ring (bicyclic) bond motifs is 2. The first-order chi connectivity index (χ1) is 15.9. The van der Waals surface area contributed by atoms with E-state index >= 15 is 4.39 Å². The van der Waals surface area contributed by atoms with Gasteiger partial charge in [0.05, 0.1) is 17.6 Å². The number of halogens is 1. The van der Waals surface area contributed by atoms with Crippen molar-refractivity contribution in [2.45, 2.75) is 71.5 Å². The number of carbonyl (C=O) groups excluding carboxylic acids is 1. The van der Waals surface area contributed by atoms with Crippen molar-refractivity contribution in [1.29, 1.82) is 0 Å². The van der Waals surface area contributed by atoms with Crippen LogP contribution in [0.3, 0.4) is 0 Å². The summed E-state index contributed by atoms with van der Waals surface area (Å²) in [6, 6.07) is 3.29. The molecule has 9 heteroatoms. The van der Waals surface area contributed by atoms with E-state index in [1.54, 1.807) is 21.3 Å². The van der Waals surface area contributed by atoms with E-state index in [1.807, 2.05) is 26.1 Å². The van der Waals surface area contributed by atoms with E-state index in [-0.39, 0.29) is 34.4 Å². The fraction of sp³-hybridized carbons (Fsp3) is 0.440. The lowest BCUT2D eigenvalue weighted by Gasteiger charge is -2.46. The van der Waals surface area contributed by atoms with Crippen LogP contribution >= 0.6 is 0 Å². The van der Waals surface area contributed by atoms with Crippen LogP contribution < -0.4 is 10.6 Å². The highest BCUT2D eigenvalue weighted by atomic mass is 19.1. The first-order valence-electron chi connectivity index (χ1n) is 11.5. The Morgan fingerprint density at radius 1 is 1.06 bits per heavy atom.